The van der Waals surface area contributed by atoms with Crippen LogP contribution in [0.25, 0.3) is 0 Å². The summed E-state index contributed by atoms with van der Waals surface area (Å²) in [6.07, 6.45) is 1.14. The highest BCUT2D eigenvalue weighted by atomic mass is 35.5. The lowest BCUT2D eigenvalue weighted by atomic mass is 10.3. The van der Waals surface area contributed by atoms with E-state index in [9.17, 15) is 4.79 Å². The SMILES string of the molecule is CCCN1CCN(C(=O)COc2cc(Cl)ccc2Cl)CC1. The third-order valence-corrected chi connectivity index (χ3v) is 4.06. The molecule has 0 radical (unpaired) electrons. The van der Waals surface area contributed by atoms with E-state index in [1.165, 1.54) is 0 Å². The van der Waals surface area contributed by atoms with Crippen LogP contribution in [0.5, 0.6) is 5.75 Å². The minimum Gasteiger partial charge on any atom is -0.482 e. The van der Waals surface area contributed by atoms with Crippen LogP contribution in [0.3, 0.4) is 0 Å². The number of benzene rings is 1. The molecule has 0 saturated carbocycles. The summed E-state index contributed by atoms with van der Waals surface area (Å²) in [5.74, 6) is 0.435. The number of amides is 1. The van der Waals surface area contributed by atoms with Gasteiger partial charge in [0.1, 0.15) is 5.75 Å². The smallest absolute Gasteiger partial charge is 0.260 e. The summed E-state index contributed by atoms with van der Waals surface area (Å²) in [5, 5.41) is 0.995. The molecule has 1 aliphatic rings. The maximum Gasteiger partial charge on any atom is 0.260 e. The fraction of sp³-hybridized carbons (Fsp3) is 0.533. The Balaban J connectivity index is 1.81. The van der Waals surface area contributed by atoms with Crippen LogP contribution in [0, 0.1) is 0 Å². The predicted molar refractivity (Wildman–Crippen MR) is 85.3 cm³/mol. The second-order valence-corrected chi connectivity index (χ2v) is 5.93. The van der Waals surface area contributed by atoms with Gasteiger partial charge >= 0.3 is 0 Å². The maximum absolute atomic E-state index is 12.1. The molecule has 116 valence electrons. The van der Waals surface area contributed by atoms with Gasteiger partial charge in [0.25, 0.3) is 5.91 Å². The van der Waals surface area contributed by atoms with Crippen molar-refractivity contribution in [2.75, 3.05) is 39.3 Å². The van der Waals surface area contributed by atoms with Crippen molar-refractivity contribution in [2.24, 2.45) is 0 Å². The lowest BCUT2D eigenvalue weighted by Gasteiger charge is -2.34. The number of halogens is 2. The van der Waals surface area contributed by atoms with E-state index >= 15 is 0 Å². The van der Waals surface area contributed by atoms with Crippen LogP contribution < -0.4 is 4.74 Å². The van der Waals surface area contributed by atoms with Crippen molar-refractivity contribution in [1.82, 2.24) is 9.80 Å². The largest absolute Gasteiger partial charge is 0.482 e. The first-order valence-electron chi connectivity index (χ1n) is 7.18. The van der Waals surface area contributed by atoms with E-state index in [2.05, 4.69) is 11.8 Å². The Bertz CT molecular complexity index is 489. The van der Waals surface area contributed by atoms with E-state index in [0.29, 0.717) is 15.8 Å². The summed E-state index contributed by atoms with van der Waals surface area (Å²) in [6.45, 7) is 6.62. The van der Waals surface area contributed by atoms with Crippen LogP contribution in [0.4, 0.5) is 0 Å². The normalized spacial score (nSPS) is 16.0. The number of piperazine rings is 1. The molecular formula is C15H20Cl2N2O2. The van der Waals surface area contributed by atoms with Gasteiger partial charge < -0.3 is 9.64 Å². The molecule has 0 bridgehead atoms. The molecule has 1 amide bonds. The van der Waals surface area contributed by atoms with Crippen LogP contribution in [-0.4, -0.2) is 55.0 Å². The molecule has 1 aromatic rings. The second kappa shape index (κ2) is 7.87. The standard InChI is InChI=1S/C15H20Cl2N2O2/c1-2-5-18-6-8-19(9-7-18)15(20)11-21-14-10-12(16)3-4-13(14)17/h3-4,10H,2,5-9,11H2,1H3. The van der Waals surface area contributed by atoms with Crippen molar-refractivity contribution in [1.29, 1.82) is 0 Å². The fourth-order valence-corrected chi connectivity index (χ4v) is 2.69. The van der Waals surface area contributed by atoms with Crippen molar-refractivity contribution in [3.05, 3.63) is 28.2 Å². The quantitative estimate of drug-likeness (QED) is 0.832. The number of ether oxygens (including phenoxy) is 1. The van der Waals surface area contributed by atoms with Crippen molar-refractivity contribution in [3.8, 4) is 5.75 Å². The second-order valence-electron chi connectivity index (χ2n) is 5.09. The Morgan fingerprint density at radius 2 is 1.95 bits per heavy atom. The summed E-state index contributed by atoms with van der Waals surface area (Å²) in [4.78, 5) is 16.3. The minimum atomic E-state index is -0.0119. The Kier molecular flexibility index (Phi) is 6.15. The lowest BCUT2D eigenvalue weighted by Crippen LogP contribution is -2.50. The maximum atomic E-state index is 12.1. The predicted octanol–water partition coefficient (Wildman–Crippen LogP) is 2.93. The highest BCUT2D eigenvalue weighted by Gasteiger charge is 2.21. The number of carbonyl (C=O) groups is 1. The fourth-order valence-electron chi connectivity index (χ4n) is 2.36. The Morgan fingerprint density at radius 1 is 1.24 bits per heavy atom. The van der Waals surface area contributed by atoms with Gasteiger partial charge in [-0.15, -0.1) is 0 Å². The number of carbonyl (C=O) groups excluding carboxylic acids is 1. The van der Waals surface area contributed by atoms with Crippen molar-refractivity contribution in [3.63, 3.8) is 0 Å². The molecule has 4 nitrogen and oxygen atoms in total. The number of hydrogen-bond acceptors (Lipinski definition) is 3. The van der Waals surface area contributed by atoms with Crippen LogP contribution in [0.15, 0.2) is 18.2 Å². The van der Waals surface area contributed by atoms with Gasteiger partial charge in [0.15, 0.2) is 6.61 Å². The third kappa shape index (κ3) is 4.77. The molecule has 0 N–H and O–H groups in total. The van der Waals surface area contributed by atoms with E-state index in [0.717, 1.165) is 39.1 Å². The van der Waals surface area contributed by atoms with Crippen molar-refractivity contribution >= 4 is 29.1 Å². The molecule has 6 heteroatoms. The van der Waals surface area contributed by atoms with Gasteiger partial charge in [-0.1, -0.05) is 30.1 Å². The summed E-state index contributed by atoms with van der Waals surface area (Å²) in [6, 6.07) is 4.97. The Labute approximate surface area is 135 Å². The number of rotatable bonds is 5. The third-order valence-electron chi connectivity index (χ3n) is 3.51. The van der Waals surface area contributed by atoms with Crippen LogP contribution >= 0.6 is 23.2 Å². The summed E-state index contributed by atoms with van der Waals surface area (Å²) in [5.41, 5.74) is 0. The summed E-state index contributed by atoms with van der Waals surface area (Å²) >= 11 is 11.9. The van der Waals surface area contributed by atoms with Gasteiger partial charge in [-0.3, -0.25) is 9.69 Å². The van der Waals surface area contributed by atoms with E-state index in [1.807, 2.05) is 4.90 Å². The summed E-state index contributed by atoms with van der Waals surface area (Å²) < 4.78 is 5.49. The van der Waals surface area contributed by atoms with E-state index in [4.69, 9.17) is 27.9 Å². The first kappa shape index (κ1) is 16.4. The van der Waals surface area contributed by atoms with Gasteiger partial charge in [-0.05, 0) is 25.1 Å². The molecule has 1 aromatic carbocycles. The van der Waals surface area contributed by atoms with Crippen LogP contribution in [0.1, 0.15) is 13.3 Å². The Hall–Kier alpha value is -0.970. The molecule has 0 spiro atoms. The molecule has 21 heavy (non-hydrogen) atoms. The molecular weight excluding hydrogens is 311 g/mol. The van der Waals surface area contributed by atoms with Crippen molar-refractivity contribution in [2.45, 2.75) is 13.3 Å². The van der Waals surface area contributed by atoms with Gasteiger partial charge in [0.2, 0.25) is 0 Å². The zero-order valence-electron chi connectivity index (χ0n) is 12.1. The van der Waals surface area contributed by atoms with Crippen LogP contribution in [-0.2, 0) is 4.79 Å². The van der Waals surface area contributed by atoms with Gasteiger partial charge in [-0.25, -0.2) is 0 Å². The molecule has 1 saturated heterocycles. The van der Waals surface area contributed by atoms with E-state index < -0.39 is 0 Å². The van der Waals surface area contributed by atoms with E-state index in [-0.39, 0.29) is 12.5 Å². The molecule has 1 heterocycles. The van der Waals surface area contributed by atoms with Gasteiger partial charge in [-0.2, -0.15) is 0 Å². The summed E-state index contributed by atoms with van der Waals surface area (Å²) in [7, 11) is 0. The van der Waals surface area contributed by atoms with Gasteiger partial charge in [0.05, 0.1) is 5.02 Å². The van der Waals surface area contributed by atoms with Crippen molar-refractivity contribution < 1.29 is 9.53 Å². The molecule has 0 aromatic heterocycles. The van der Waals surface area contributed by atoms with Gasteiger partial charge in [0, 0.05) is 37.3 Å². The highest BCUT2D eigenvalue weighted by Crippen LogP contribution is 2.27. The molecule has 2 rings (SSSR count). The average molecular weight is 331 g/mol. The molecule has 1 fully saturated rings. The number of hydrogen-bond donors (Lipinski definition) is 0. The molecule has 0 atom stereocenters. The molecule has 0 aliphatic carbocycles. The first-order valence-corrected chi connectivity index (χ1v) is 7.93. The first-order chi connectivity index (χ1) is 10.1. The highest BCUT2D eigenvalue weighted by molar-refractivity contribution is 6.34. The monoisotopic (exact) mass is 330 g/mol. The average Bonchev–Trinajstić information content (AvgIpc) is 2.49. The lowest BCUT2D eigenvalue weighted by molar-refractivity contribution is -0.135. The topological polar surface area (TPSA) is 32.8 Å². The number of nitrogens with zero attached hydrogens (tertiary/aromatic N) is 2. The Morgan fingerprint density at radius 3 is 2.62 bits per heavy atom. The minimum absolute atomic E-state index is 0.00611. The van der Waals surface area contributed by atoms with E-state index in [1.54, 1.807) is 18.2 Å². The van der Waals surface area contributed by atoms with Crippen LogP contribution in [0.2, 0.25) is 10.0 Å². The molecule has 1 aliphatic heterocycles. The zero-order valence-corrected chi connectivity index (χ0v) is 13.7. The molecule has 0 unspecified atom stereocenters. The zero-order chi connectivity index (χ0) is 15.2.